The second-order valence-electron chi connectivity index (χ2n) is 2.87. The molecule has 0 aliphatic heterocycles. The van der Waals surface area contributed by atoms with Crippen LogP contribution < -0.4 is 0 Å². The van der Waals surface area contributed by atoms with Gasteiger partial charge in [-0.2, -0.15) is 0 Å². The summed E-state index contributed by atoms with van der Waals surface area (Å²) in [6, 6.07) is 0. The van der Waals surface area contributed by atoms with Gasteiger partial charge in [-0.15, -0.1) is 0 Å². The Bertz CT molecular complexity index is 58.6. The molecule has 2 heteroatoms. The van der Waals surface area contributed by atoms with Gasteiger partial charge in [0.2, 0.25) is 0 Å². The maximum Gasteiger partial charge on any atom is 0.0894 e. The molecular formula is C9H18FO. The van der Waals surface area contributed by atoms with Crippen LogP contribution in [0.5, 0.6) is 0 Å². The lowest BCUT2D eigenvalue weighted by molar-refractivity contribution is 0.186. The molecule has 0 aromatic rings. The standard InChI is InChI=1S/C9H18FO/c10-8-6-4-2-1-3-5-7-9-11/h1-9H2. The molecule has 0 aliphatic carbocycles. The van der Waals surface area contributed by atoms with E-state index in [4.69, 9.17) is 0 Å². The molecule has 0 atom stereocenters. The number of unbranched alkanes of at least 4 members (excludes halogenated alkanes) is 6. The van der Waals surface area contributed by atoms with Gasteiger partial charge < -0.3 is 0 Å². The molecule has 0 saturated carbocycles. The summed E-state index contributed by atoms with van der Waals surface area (Å²) in [6.45, 7) is -0.120. The molecule has 0 spiro atoms. The first-order valence-electron chi connectivity index (χ1n) is 4.56. The minimum atomic E-state index is -0.180. The van der Waals surface area contributed by atoms with Crippen molar-refractivity contribution in [2.75, 3.05) is 13.3 Å². The van der Waals surface area contributed by atoms with Crippen LogP contribution in [0.1, 0.15) is 44.9 Å². The zero-order valence-corrected chi connectivity index (χ0v) is 7.15. The van der Waals surface area contributed by atoms with Gasteiger partial charge >= 0.3 is 0 Å². The fourth-order valence-electron chi connectivity index (χ4n) is 1.08. The Morgan fingerprint density at radius 1 is 0.727 bits per heavy atom. The molecule has 0 unspecified atom stereocenters. The van der Waals surface area contributed by atoms with Crippen molar-refractivity contribution in [1.29, 1.82) is 0 Å². The summed E-state index contributed by atoms with van der Waals surface area (Å²) >= 11 is 0. The molecule has 11 heavy (non-hydrogen) atoms. The highest BCUT2D eigenvalue weighted by molar-refractivity contribution is 4.44. The van der Waals surface area contributed by atoms with E-state index in [0.29, 0.717) is 6.42 Å². The molecule has 0 bridgehead atoms. The van der Waals surface area contributed by atoms with Crippen molar-refractivity contribution < 1.29 is 9.50 Å². The third-order valence-corrected chi connectivity index (χ3v) is 1.78. The first kappa shape index (κ1) is 10.9. The molecule has 0 N–H and O–H groups in total. The molecule has 0 amide bonds. The molecule has 67 valence electrons. The number of rotatable bonds is 8. The van der Waals surface area contributed by atoms with Crippen LogP contribution in [-0.2, 0) is 5.11 Å². The molecule has 1 nitrogen and oxygen atoms in total. The highest BCUT2D eigenvalue weighted by Crippen LogP contribution is 2.06. The number of halogens is 1. The molecule has 0 rings (SSSR count). The van der Waals surface area contributed by atoms with Crippen molar-refractivity contribution in [2.45, 2.75) is 44.9 Å². The van der Waals surface area contributed by atoms with E-state index in [1.807, 2.05) is 0 Å². The lowest BCUT2D eigenvalue weighted by Gasteiger charge is -1.97. The van der Waals surface area contributed by atoms with Crippen LogP contribution in [0.25, 0.3) is 0 Å². The van der Waals surface area contributed by atoms with Gasteiger partial charge in [0.1, 0.15) is 0 Å². The van der Waals surface area contributed by atoms with E-state index >= 15 is 0 Å². The first-order valence-corrected chi connectivity index (χ1v) is 4.56. The van der Waals surface area contributed by atoms with Crippen molar-refractivity contribution in [3.8, 4) is 0 Å². The normalized spacial score (nSPS) is 10.4. The fraction of sp³-hybridized carbons (Fsp3) is 1.00. The average Bonchev–Trinajstić information content (AvgIpc) is 2.03. The highest BCUT2D eigenvalue weighted by atomic mass is 19.1. The van der Waals surface area contributed by atoms with Gasteiger partial charge in [-0.05, 0) is 12.8 Å². The number of alkyl halides is 1. The maximum atomic E-state index is 11.6. The van der Waals surface area contributed by atoms with Crippen molar-refractivity contribution >= 4 is 0 Å². The van der Waals surface area contributed by atoms with Crippen molar-refractivity contribution in [1.82, 2.24) is 0 Å². The monoisotopic (exact) mass is 161 g/mol. The van der Waals surface area contributed by atoms with Gasteiger partial charge in [-0.1, -0.05) is 32.1 Å². The highest BCUT2D eigenvalue weighted by Gasteiger charge is 1.90. The van der Waals surface area contributed by atoms with E-state index in [1.165, 1.54) is 6.42 Å². The van der Waals surface area contributed by atoms with Crippen molar-refractivity contribution in [3.63, 3.8) is 0 Å². The molecule has 0 heterocycles. The summed E-state index contributed by atoms with van der Waals surface area (Å²) in [4.78, 5) is 0. The third kappa shape index (κ3) is 9.89. The summed E-state index contributed by atoms with van der Waals surface area (Å²) in [5, 5.41) is 10.0. The molecule has 0 saturated heterocycles. The summed E-state index contributed by atoms with van der Waals surface area (Å²) in [7, 11) is 0. The Labute approximate surface area is 68.6 Å². The smallest absolute Gasteiger partial charge is 0.0894 e. The molecule has 0 aromatic heterocycles. The molecule has 0 fully saturated rings. The Morgan fingerprint density at radius 2 is 1.18 bits per heavy atom. The van der Waals surface area contributed by atoms with E-state index in [0.717, 1.165) is 32.1 Å². The zero-order valence-electron chi connectivity index (χ0n) is 7.15. The van der Waals surface area contributed by atoms with Crippen LogP contribution in [0, 0.1) is 0 Å². The van der Waals surface area contributed by atoms with Crippen LogP contribution >= 0.6 is 0 Å². The van der Waals surface area contributed by atoms with Gasteiger partial charge in [0.25, 0.3) is 0 Å². The third-order valence-electron chi connectivity index (χ3n) is 1.78. The minimum absolute atomic E-state index is 0.0600. The van der Waals surface area contributed by atoms with E-state index in [-0.39, 0.29) is 13.3 Å². The largest absolute Gasteiger partial charge is 0.251 e. The number of hydrogen-bond acceptors (Lipinski definition) is 0. The Kier molecular flexibility index (Phi) is 9.79. The lowest BCUT2D eigenvalue weighted by atomic mass is 10.1. The van der Waals surface area contributed by atoms with Gasteiger partial charge in [-0.3, -0.25) is 4.39 Å². The Hall–Kier alpha value is -0.110. The van der Waals surface area contributed by atoms with Gasteiger partial charge in [-0.25, -0.2) is 5.11 Å². The van der Waals surface area contributed by atoms with Crippen LogP contribution in [-0.4, -0.2) is 13.3 Å². The van der Waals surface area contributed by atoms with Crippen LogP contribution in [0.3, 0.4) is 0 Å². The molecular weight excluding hydrogens is 143 g/mol. The van der Waals surface area contributed by atoms with E-state index < -0.39 is 0 Å². The quantitative estimate of drug-likeness (QED) is 0.487. The van der Waals surface area contributed by atoms with Crippen LogP contribution in [0.4, 0.5) is 4.39 Å². The van der Waals surface area contributed by atoms with E-state index in [1.54, 1.807) is 0 Å². The SMILES string of the molecule is [O]CCCCCCCCCF. The van der Waals surface area contributed by atoms with Gasteiger partial charge in [0.15, 0.2) is 0 Å². The van der Waals surface area contributed by atoms with Crippen molar-refractivity contribution in [3.05, 3.63) is 0 Å². The van der Waals surface area contributed by atoms with Crippen LogP contribution in [0.2, 0.25) is 0 Å². The zero-order chi connectivity index (χ0) is 8.36. The first-order chi connectivity index (χ1) is 5.41. The van der Waals surface area contributed by atoms with Crippen molar-refractivity contribution in [2.24, 2.45) is 0 Å². The predicted octanol–water partition coefficient (Wildman–Crippen LogP) is 3.12. The summed E-state index contributed by atoms with van der Waals surface area (Å²) in [5.74, 6) is 0. The molecule has 1 radical (unpaired) electrons. The average molecular weight is 161 g/mol. The Balaban J connectivity index is 2.69. The summed E-state index contributed by atoms with van der Waals surface area (Å²) < 4.78 is 11.6. The van der Waals surface area contributed by atoms with Crippen LogP contribution in [0.15, 0.2) is 0 Å². The minimum Gasteiger partial charge on any atom is -0.251 e. The Morgan fingerprint density at radius 3 is 1.64 bits per heavy atom. The molecule has 0 aromatic carbocycles. The van der Waals surface area contributed by atoms with Gasteiger partial charge in [0.05, 0.1) is 13.3 Å². The lowest BCUT2D eigenvalue weighted by Crippen LogP contribution is -1.83. The predicted molar refractivity (Wildman–Crippen MR) is 43.8 cm³/mol. The summed E-state index contributed by atoms with van der Waals surface area (Å²) in [6.07, 6.45) is 7.02. The summed E-state index contributed by atoms with van der Waals surface area (Å²) in [5.41, 5.74) is 0. The van der Waals surface area contributed by atoms with E-state index in [9.17, 15) is 9.50 Å². The maximum absolute atomic E-state index is 11.6. The number of hydrogen-bond donors (Lipinski definition) is 0. The second-order valence-corrected chi connectivity index (χ2v) is 2.87. The second kappa shape index (κ2) is 9.89. The van der Waals surface area contributed by atoms with Gasteiger partial charge in [0, 0.05) is 0 Å². The topological polar surface area (TPSA) is 19.9 Å². The fourth-order valence-corrected chi connectivity index (χ4v) is 1.08. The molecule has 0 aliphatic rings. The van der Waals surface area contributed by atoms with E-state index in [2.05, 4.69) is 0 Å².